The molecular weight excluding hydrogens is 383 g/mol. The minimum absolute atomic E-state index is 0.137. The Morgan fingerprint density at radius 3 is 2.90 bits per heavy atom. The number of fused-ring (bicyclic) bond motifs is 1. The highest BCUT2D eigenvalue weighted by Gasteiger charge is 2.15. The Morgan fingerprint density at radius 1 is 1.57 bits per heavy atom. The van der Waals surface area contributed by atoms with Gasteiger partial charge in [0, 0.05) is 35.4 Å². The fraction of sp³-hybridized carbons (Fsp3) is 0.333. The summed E-state index contributed by atoms with van der Waals surface area (Å²) in [5.74, 6) is -1.10. The minimum atomic E-state index is -0.984. The molecule has 1 N–H and O–H groups in total. The maximum absolute atomic E-state index is 13.6. The number of aromatic nitrogens is 2. The van der Waals surface area contributed by atoms with E-state index >= 15 is 0 Å². The molecule has 0 fully saturated rings. The average Bonchev–Trinajstić information content (AvgIpc) is 2.71. The van der Waals surface area contributed by atoms with Gasteiger partial charge < -0.3 is 9.67 Å². The van der Waals surface area contributed by atoms with Gasteiger partial charge in [0.2, 0.25) is 0 Å². The molecule has 1 heterocycles. The second kappa shape index (κ2) is 6.89. The van der Waals surface area contributed by atoms with E-state index in [0.29, 0.717) is 33.0 Å². The number of imidazole rings is 1. The van der Waals surface area contributed by atoms with Crippen molar-refractivity contribution in [3.8, 4) is 0 Å². The van der Waals surface area contributed by atoms with E-state index in [1.54, 1.807) is 16.9 Å². The number of carboxylic acids is 1. The van der Waals surface area contributed by atoms with Crippen molar-refractivity contribution in [2.24, 2.45) is 0 Å². The number of rotatable bonds is 6. The Balaban J connectivity index is 2.46. The van der Waals surface area contributed by atoms with Gasteiger partial charge in [-0.2, -0.15) is 0 Å². The highest BCUT2D eigenvalue weighted by Crippen LogP contribution is 2.28. The summed E-state index contributed by atoms with van der Waals surface area (Å²) in [4.78, 5) is 15.0. The normalized spacial score (nSPS) is 12.7. The van der Waals surface area contributed by atoms with Crippen LogP contribution < -0.4 is 0 Å². The van der Waals surface area contributed by atoms with Crippen LogP contribution in [0.2, 0.25) is 0 Å². The highest BCUT2D eigenvalue weighted by molar-refractivity contribution is 9.10. The van der Waals surface area contributed by atoms with E-state index in [-0.39, 0.29) is 5.75 Å². The zero-order chi connectivity index (χ0) is 15.6. The van der Waals surface area contributed by atoms with Crippen LogP contribution in [0.3, 0.4) is 0 Å². The lowest BCUT2D eigenvalue weighted by atomic mass is 10.3. The van der Waals surface area contributed by atoms with Gasteiger partial charge >= 0.3 is 5.97 Å². The van der Waals surface area contributed by atoms with E-state index in [1.807, 2.05) is 0 Å². The fourth-order valence-electron chi connectivity index (χ4n) is 1.77. The van der Waals surface area contributed by atoms with Crippen molar-refractivity contribution in [2.45, 2.75) is 11.7 Å². The molecule has 21 heavy (non-hydrogen) atoms. The van der Waals surface area contributed by atoms with Gasteiger partial charge in [-0.25, -0.2) is 9.37 Å². The van der Waals surface area contributed by atoms with Crippen LogP contribution in [0.25, 0.3) is 11.0 Å². The topological polar surface area (TPSA) is 72.2 Å². The molecule has 0 aliphatic rings. The third-order valence-corrected chi connectivity index (χ3v) is 5.01. The number of hydrogen-bond donors (Lipinski definition) is 1. The fourth-order valence-corrected chi connectivity index (χ4v) is 3.30. The van der Waals surface area contributed by atoms with E-state index in [2.05, 4.69) is 20.9 Å². The van der Waals surface area contributed by atoms with Crippen LogP contribution in [0.15, 0.2) is 21.8 Å². The molecule has 0 saturated carbocycles. The summed E-state index contributed by atoms with van der Waals surface area (Å²) in [5, 5.41) is 9.25. The molecule has 0 aliphatic carbocycles. The molecule has 1 unspecified atom stereocenters. The number of aryl methyl sites for hydroxylation is 1. The van der Waals surface area contributed by atoms with Crippen LogP contribution >= 0.6 is 27.7 Å². The lowest BCUT2D eigenvalue weighted by molar-refractivity contribution is -0.133. The SMILES string of the molecule is CS(=O)CCn1c(SCC(=O)O)nc2cc(F)c(Br)cc21. The van der Waals surface area contributed by atoms with Gasteiger partial charge in [0.15, 0.2) is 5.16 Å². The van der Waals surface area contributed by atoms with Crippen molar-refractivity contribution < 1.29 is 18.5 Å². The van der Waals surface area contributed by atoms with Gasteiger partial charge in [0.05, 0.1) is 21.3 Å². The van der Waals surface area contributed by atoms with Gasteiger partial charge in [-0.3, -0.25) is 9.00 Å². The first-order chi connectivity index (χ1) is 9.88. The molecule has 2 rings (SSSR count). The number of carboxylic acid groups (broad SMARTS) is 1. The second-order valence-corrected chi connectivity index (χ2v) is 7.61. The van der Waals surface area contributed by atoms with Gasteiger partial charge in [-0.05, 0) is 22.0 Å². The number of carbonyl (C=O) groups is 1. The van der Waals surface area contributed by atoms with E-state index in [0.717, 1.165) is 11.8 Å². The summed E-state index contributed by atoms with van der Waals surface area (Å²) in [6.45, 7) is 0.430. The monoisotopic (exact) mass is 394 g/mol. The first-order valence-electron chi connectivity index (χ1n) is 5.88. The molecule has 0 spiro atoms. The maximum atomic E-state index is 13.6. The molecule has 114 valence electrons. The number of thioether (sulfide) groups is 1. The van der Waals surface area contributed by atoms with Gasteiger partial charge in [0.25, 0.3) is 0 Å². The standard InChI is InChI=1S/C12H12BrFN2O3S2/c1-21(19)3-2-16-10-4-7(13)8(14)5-9(10)15-12(16)20-6-11(17)18/h4-5H,2-3,6H2,1H3,(H,17,18). The summed E-state index contributed by atoms with van der Waals surface area (Å²) < 4.78 is 26.9. The third kappa shape index (κ3) is 4.04. The van der Waals surface area contributed by atoms with Crippen LogP contribution in [0, 0.1) is 5.82 Å². The number of hydrogen-bond acceptors (Lipinski definition) is 4. The van der Waals surface area contributed by atoms with Crippen molar-refractivity contribution >= 4 is 55.5 Å². The molecule has 0 aliphatic heterocycles. The van der Waals surface area contributed by atoms with Gasteiger partial charge in [-0.15, -0.1) is 0 Å². The van der Waals surface area contributed by atoms with E-state index in [9.17, 15) is 13.4 Å². The Bertz CT molecular complexity index is 720. The molecule has 0 radical (unpaired) electrons. The Hall–Kier alpha value is -0.930. The van der Waals surface area contributed by atoms with Crippen molar-refractivity contribution in [2.75, 3.05) is 17.8 Å². The maximum Gasteiger partial charge on any atom is 0.313 e. The molecule has 9 heteroatoms. The summed E-state index contributed by atoms with van der Waals surface area (Å²) in [6, 6.07) is 2.89. The Labute approximate surface area is 135 Å². The smallest absolute Gasteiger partial charge is 0.313 e. The van der Waals surface area contributed by atoms with Crippen molar-refractivity contribution in [1.29, 1.82) is 0 Å². The predicted molar refractivity (Wildman–Crippen MR) is 84.7 cm³/mol. The van der Waals surface area contributed by atoms with Crippen molar-refractivity contribution in [1.82, 2.24) is 9.55 Å². The van der Waals surface area contributed by atoms with Crippen LogP contribution in [-0.2, 0) is 22.1 Å². The molecular formula is C12H12BrFN2O3S2. The first-order valence-corrected chi connectivity index (χ1v) is 9.39. The van der Waals surface area contributed by atoms with Crippen LogP contribution in [-0.4, -0.2) is 42.6 Å². The summed E-state index contributed by atoms with van der Waals surface area (Å²) >= 11 is 4.18. The Kier molecular flexibility index (Phi) is 5.39. The number of benzene rings is 1. The molecule has 5 nitrogen and oxygen atoms in total. The average molecular weight is 395 g/mol. The molecule has 1 aromatic carbocycles. The predicted octanol–water partition coefficient (Wildman–Crippen LogP) is 2.49. The van der Waals surface area contributed by atoms with Crippen LogP contribution in [0.1, 0.15) is 0 Å². The molecule has 2 aromatic rings. The van der Waals surface area contributed by atoms with Crippen LogP contribution in [0.5, 0.6) is 0 Å². The summed E-state index contributed by atoms with van der Waals surface area (Å²) in [6.07, 6.45) is 1.60. The minimum Gasteiger partial charge on any atom is -0.481 e. The number of nitrogens with zero attached hydrogens (tertiary/aromatic N) is 2. The zero-order valence-electron chi connectivity index (χ0n) is 11.0. The van der Waals surface area contributed by atoms with Crippen molar-refractivity contribution in [3.05, 3.63) is 22.4 Å². The Morgan fingerprint density at radius 2 is 2.29 bits per heavy atom. The van der Waals surface area contributed by atoms with Crippen LogP contribution in [0.4, 0.5) is 4.39 Å². The van der Waals surface area contributed by atoms with Gasteiger partial charge in [0.1, 0.15) is 5.82 Å². The van der Waals surface area contributed by atoms with E-state index < -0.39 is 22.6 Å². The summed E-state index contributed by atoms with van der Waals surface area (Å²) in [7, 11) is -0.984. The quantitative estimate of drug-likeness (QED) is 0.761. The number of aliphatic carboxylic acids is 1. The van der Waals surface area contributed by atoms with Crippen molar-refractivity contribution in [3.63, 3.8) is 0 Å². The molecule has 0 bridgehead atoms. The molecule has 0 saturated heterocycles. The van der Waals surface area contributed by atoms with E-state index in [1.165, 1.54) is 6.07 Å². The largest absolute Gasteiger partial charge is 0.481 e. The first kappa shape index (κ1) is 16.4. The third-order valence-electron chi connectivity index (χ3n) is 2.68. The molecule has 1 aromatic heterocycles. The summed E-state index contributed by atoms with van der Waals surface area (Å²) in [5.41, 5.74) is 1.13. The zero-order valence-corrected chi connectivity index (χ0v) is 14.2. The second-order valence-electron chi connectivity index (χ2n) is 4.26. The lowest BCUT2D eigenvalue weighted by Crippen LogP contribution is -2.08. The number of halogens is 2. The molecule has 1 atom stereocenters. The van der Waals surface area contributed by atoms with Gasteiger partial charge in [-0.1, -0.05) is 11.8 Å². The lowest BCUT2D eigenvalue weighted by Gasteiger charge is -2.07. The highest BCUT2D eigenvalue weighted by atomic mass is 79.9. The van der Waals surface area contributed by atoms with E-state index in [4.69, 9.17) is 5.11 Å². The molecule has 0 amide bonds.